The van der Waals surface area contributed by atoms with Gasteiger partial charge in [0.1, 0.15) is 23.2 Å². The van der Waals surface area contributed by atoms with Crippen LogP contribution < -0.4 is 5.32 Å². The smallest absolute Gasteiger partial charge is 0.141 e. The summed E-state index contributed by atoms with van der Waals surface area (Å²) in [6.45, 7) is 11.3. The second kappa shape index (κ2) is 10.1. The zero-order chi connectivity index (χ0) is 30.1. The Hall–Kier alpha value is -4.83. The van der Waals surface area contributed by atoms with Crippen molar-refractivity contribution < 1.29 is 4.42 Å². The lowest BCUT2D eigenvalue weighted by Crippen LogP contribution is -2.23. The zero-order valence-electron chi connectivity index (χ0n) is 26.0. The molecule has 218 valence electrons. The van der Waals surface area contributed by atoms with E-state index in [1.54, 1.807) is 0 Å². The van der Waals surface area contributed by atoms with Gasteiger partial charge in [-0.1, -0.05) is 107 Å². The van der Waals surface area contributed by atoms with Crippen LogP contribution in [0.4, 0.5) is 5.69 Å². The number of rotatable bonds is 6. The van der Waals surface area contributed by atoms with E-state index in [2.05, 4.69) is 136 Å². The van der Waals surface area contributed by atoms with Gasteiger partial charge < -0.3 is 14.3 Å². The number of fused-ring (bicyclic) bond motifs is 5. The molecule has 1 aliphatic rings. The Morgan fingerprint density at radius 3 is 2.23 bits per heavy atom. The molecular formula is C40H37N3O. The molecule has 4 heteroatoms. The van der Waals surface area contributed by atoms with E-state index in [9.17, 15) is 0 Å². The van der Waals surface area contributed by atoms with Crippen molar-refractivity contribution in [3.05, 3.63) is 125 Å². The monoisotopic (exact) mass is 575 g/mol. The molecule has 0 amide bonds. The first-order valence-corrected chi connectivity index (χ1v) is 15.9. The highest BCUT2D eigenvalue weighted by Gasteiger charge is 2.33. The molecule has 0 spiro atoms. The minimum atomic E-state index is -0.159. The molecule has 1 unspecified atom stereocenters. The number of anilines is 1. The highest BCUT2D eigenvalue weighted by Crippen LogP contribution is 2.47. The summed E-state index contributed by atoms with van der Waals surface area (Å²) in [6.07, 6.45) is 3.03. The van der Waals surface area contributed by atoms with E-state index in [1.807, 2.05) is 6.07 Å². The van der Waals surface area contributed by atoms with Gasteiger partial charge in [0.05, 0.1) is 16.9 Å². The lowest BCUT2D eigenvalue weighted by Gasteiger charge is -2.32. The molecule has 1 atom stereocenters. The molecule has 44 heavy (non-hydrogen) atoms. The summed E-state index contributed by atoms with van der Waals surface area (Å²) in [4.78, 5) is 5.51. The minimum absolute atomic E-state index is 0.159. The Balaban J connectivity index is 1.45. The van der Waals surface area contributed by atoms with Gasteiger partial charge in [-0.25, -0.2) is 4.98 Å². The average Bonchev–Trinajstić information content (AvgIpc) is 3.64. The Kier molecular flexibility index (Phi) is 6.16. The van der Waals surface area contributed by atoms with Crippen molar-refractivity contribution >= 4 is 38.2 Å². The molecule has 1 aliphatic heterocycles. The van der Waals surface area contributed by atoms with E-state index < -0.39 is 0 Å². The van der Waals surface area contributed by atoms with Crippen molar-refractivity contribution in [1.82, 2.24) is 9.55 Å². The lowest BCUT2D eigenvalue weighted by atomic mass is 9.87. The maximum Gasteiger partial charge on any atom is 0.141 e. The van der Waals surface area contributed by atoms with E-state index in [-0.39, 0.29) is 6.04 Å². The Labute approximate surface area is 258 Å². The lowest BCUT2D eigenvalue weighted by molar-refractivity contribution is 0.558. The number of benzene rings is 5. The summed E-state index contributed by atoms with van der Waals surface area (Å²) >= 11 is 0. The minimum Gasteiger partial charge on any atom is -0.460 e. The van der Waals surface area contributed by atoms with Gasteiger partial charge in [0.2, 0.25) is 0 Å². The molecule has 7 aromatic rings. The maximum atomic E-state index is 6.35. The van der Waals surface area contributed by atoms with Gasteiger partial charge in [-0.3, -0.25) is 0 Å². The fraction of sp³-hybridized carbons (Fsp3) is 0.225. The van der Waals surface area contributed by atoms with E-state index in [1.165, 1.54) is 49.6 Å². The summed E-state index contributed by atoms with van der Waals surface area (Å²) in [6, 6.07) is 32.7. The third-order valence-electron chi connectivity index (χ3n) is 9.35. The molecule has 1 N–H and O–H groups in total. The highest BCUT2D eigenvalue weighted by atomic mass is 16.3. The van der Waals surface area contributed by atoms with Crippen molar-refractivity contribution in [3.8, 4) is 16.9 Å². The van der Waals surface area contributed by atoms with Crippen molar-refractivity contribution in [1.29, 1.82) is 0 Å². The third kappa shape index (κ3) is 3.93. The van der Waals surface area contributed by atoms with E-state index in [0.29, 0.717) is 11.8 Å². The van der Waals surface area contributed by atoms with Crippen molar-refractivity contribution in [2.24, 2.45) is 0 Å². The Morgan fingerprint density at radius 2 is 1.48 bits per heavy atom. The topological polar surface area (TPSA) is 43.0 Å². The molecule has 5 aromatic carbocycles. The first-order valence-electron chi connectivity index (χ1n) is 15.9. The maximum absolute atomic E-state index is 6.35. The number of imidazole rings is 1. The second-order valence-electron chi connectivity index (χ2n) is 12.7. The van der Waals surface area contributed by atoms with Crippen LogP contribution in [0.1, 0.15) is 80.8 Å². The number of furan rings is 1. The van der Waals surface area contributed by atoms with Crippen LogP contribution in [0.25, 0.3) is 49.5 Å². The molecule has 3 heterocycles. The summed E-state index contributed by atoms with van der Waals surface area (Å²) in [5.41, 5.74) is 9.30. The van der Waals surface area contributed by atoms with Crippen LogP contribution in [0.15, 0.2) is 102 Å². The van der Waals surface area contributed by atoms with Crippen molar-refractivity contribution in [2.75, 3.05) is 5.32 Å². The normalized spacial score (nSPS) is 14.3. The second-order valence-corrected chi connectivity index (χ2v) is 12.7. The molecule has 0 saturated heterocycles. The molecule has 8 rings (SSSR count). The standard InChI is InChI=1S/C40H37N3O/c1-6-33-36(30-16-9-10-20-34(30)44-33)31-22-43-32-19-11-14-26-21-25-13-7-8-15-29(25)37(35(26)32)39(40(43)41-31)42-38-27(23(2)3)17-12-18-28(38)24(4)5/h7-24,39,42H,6H2,1-5H3. The van der Waals surface area contributed by atoms with Crippen LogP contribution >= 0.6 is 0 Å². The highest BCUT2D eigenvalue weighted by molar-refractivity contribution is 6.07. The fourth-order valence-corrected chi connectivity index (χ4v) is 7.31. The first kappa shape index (κ1) is 26.8. The molecule has 0 fully saturated rings. The van der Waals surface area contributed by atoms with Gasteiger partial charge in [0.25, 0.3) is 0 Å². The van der Waals surface area contributed by atoms with E-state index in [0.717, 1.165) is 40.2 Å². The molecule has 2 aromatic heterocycles. The van der Waals surface area contributed by atoms with Gasteiger partial charge in [-0.2, -0.15) is 0 Å². The van der Waals surface area contributed by atoms with Gasteiger partial charge in [0.15, 0.2) is 0 Å². The summed E-state index contributed by atoms with van der Waals surface area (Å²) in [5.74, 6) is 2.72. The van der Waals surface area contributed by atoms with Crippen molar-refractivity contribution in [2.45, 2.75) is 58.9 Å². The Morgan fingerprint density at radius 1 is 0.795 bits per heavy atom. The number of nitrogens with zero attached hydrogens (tertiary/aromatic N) is 2. The number of hydrogen-bond acceptors (Lipinski definition) is 3. The Bertz CT molecular complexity index is 2190. The number of aryl methyl sites for hydroxylation is 1. The van der Waals surface area contributed by atoms with Gasteiger partial charge in [-0.05, 0) is 62.9 Å². The predicted molar refractivity (Wildman–Crippen MR) is 183 cm³/mol. The quantitative estimate of drug-likeness (QED) is 0.201. The number of aromatic nitrogens is 2. The molecule has 0 radical (unpaired) electrons. The number of nitrogens with one attached hydrogen (secondary N) is 1. The SMILES string of the molecule is CCc1oc2ccccc2c1-c1cn2c(n1)C(Nc1c(C(C)C)cccc1C(C)C)c1c3ccccc3cc3cccc-2c13. The number of para-hydroxylation sites is 2. The molecule has 0 aliphatic carbocycles. The molecule has 0 saturated carbocycles. The predicted octanol–water partition coefficient (Wildman–Crippen LogP) is 10.9. The molecule has 0 bridgehead atoms. The largest absolute Gasteiger partial charge is 0.460 e. The summed E-state index contributed by atoms with van der Waals surface area (Å²) < 4.78 is 8.68. The third-order valence-corrected chi connectivity index (χ3v) is 9.35. The van der Waals surface area contributed by atoms with Crippen LogP contribution in [-0.2, 0) is 6.42 Å². The van der Waals surface area contributed by atoms with Crippen LogP contribution in [0.5, 0.6) is 0 Å². The summed E-state index contributed by atoms with van der Waals surface area (Å²) in [7, 11) is 0. The first-order chi connectivity index (χ1) is 21.4. The van der Waals surface area contributed by atoms with E-state index >= 15 is 0 Å². The average molecular weight is 576 g/mol. The number of hydrogen-bond donors (Lipinski definition) is 1. The van der Waals surface area contributed by atoms with Gasteiger partial charge >= 0.3 is 0 Å². The summed E-state index contributed by atoms with van der Waals surface area (Å²) in [5, 5.41) is 10.3. The van der Waals surface area contributed by atoms with E-state index in [4.69, 9.17) is 9.40 Å². The molecule has 4 nitrogen and oxygen atoms in total. The van der Waals surface area contributed by atoms with Crippen LogP contribution in [0.3, 0.4) is 0 Å². The molecular weight excluding hydrogens is 538 g/mol. The van der Waals surface area contributed by atoms with Crippen LogP contribution in [0.2, 0.25) is 0 Å². The van der Waals surface area contributed by atoms with Crippen LogP contribution in [0, 0.1) is 0 Å². The zero-order valence-corrected chi connectivity index (χ0v) is 26.0. The van der Waals surface area contributed by atoms with Crippen LogP contribution in [-0.4, -0.2) is 9.55 Å². The fourth-order valence-electron chi connectivity index (χ4n) is 7.31. The van der Waals surface area contributed by atoms with Crippen molar-refractivity contribution in [3.63, 3.8) is 0 Å². The van der Waals surface area contributed by atoms with Gasteiger partial charge in [0, 0.05) is 29.1 Å². The van der Waals surface area contributed by atoms with Gasteiger partial charge in [-0.15, -0.1) is 0 Å².